The largest absolute Gasteiger partial charge is 0.477 e. The predicted molar refractivity (Wildman–Crippen MR) is 74.1 cm³/mol. The zero-order valence-electron chi connectivity index (χ0n) is 11.4. The first-order chi connectivity index (χ1) is 9.16. The second kappa shape index (κ2) is 6.66. The van der Waals surface area contributed by atoms with Gasteiger partial charge < -0.3 is 10.4 Å². The van der Waals surface area contributed by atoms with E-state index in [9.17, 15) is 4.79 Å². The molecule has 0 saturated heterocycles. The van der Waals surface area contributed by atoms with Crippen molar-refractivity contribution in [3.05, 3.63) is 29.6 Å². The minimum Gasteiger partial charge on any atom is -0.477 e. The number of nitrogens with one attached hydrogen (secondary N) is 1. The molecule has 0 unspecified atom stereocenters. The van der Waals surface area contributed by atoms with Crippen LogP contribution in [0.5, 0.6) is 0 Å². The lowest BCUT2D eigenvalue weighted by atomic mass is 9.84. The third-order valence-corrected chi connectivity index (χ3v) is 3.99. The number of hydrogen-bond acceptors (Lipinski definition) is 3. The van der Waals surface area contributed by atoms with Gasteiger partial charge in [-0.05, 0) is 37.8 Å². The molecule has 2 rings (SSSR count). The maximum absolute atomic E-state index is 10.9. The Labute approximate surface area is 114 Å². The maximum Gasteiger partial charge on any atom is 0.354 e. The Bertz CT molecular complexity index is 428. The molecule has 1 fully saturated rings. The van der Waals surface area contributed by atoms with Gasteiger partial charge in [-0.3, -0.25) is 0 Å². The standard InChI is InChI=1S/C15H22N2O2/c1-11(12-6-3-2-4-7-12)16-10-13-8-5-9-14(17-13)15(18)19/h5,8-9,11-12,16H,2-4,6-7,10H2,1H3,(H,18,19)/t11-/m0/s1. The molecule has 104 valence electrons. The van der Waals surface area contributed by atoms with Gasteiger partial charge in [-0.1, -0.05) is 25.3 Å². The van der Waals surface area contributed by atoms with Gasteiger partial charge in [-0.15, -0.1) is 0 Å². The van der Waals surface area contributed by atoms with Crippen molar-refractivity contribution < 1.29 is 9.90 Å². The molecule has 1 atom stereocenters. The van der Waals surface area contributed by atoms with Crippen molar-refractivity contribution in [2.75, 3.05) is 0 Å². The van der Waals surface area contributed by atoms with Crippen molar-refractivity contribution in [3.63, 3.8) is 0 Å². The van der Waals surface area contributed by atoms with E-state index in [1.165, 1.54) is 38.2 Å². The molecular formula is C15H22N2O2. The summed E-state index contributed by atoms with van der Waals surface area (Å²) < 4.78 is 0. The van der Waals surface area contributed by atoms with E-state index < -0.39 is 5.97 Å². The summed E-state index contributed by atoms with van der Waals surface area (Å²) in [5, 5.41) is 12.4. The second-order valence-electron chi connectivity index (χ2n) is 5.39. The molecule has 1 aromatic heterocycles. The highest BCUT2D eigenvalue weighted by molar-refractivity contribution is 5.85. The van der Waals surface area contributed by atoms with Crippen LogP contribution in [0.3, 0.4) is 0 Å². The molecule has 1 aromatic rings. The summed E-state index contributed by atoms with van der Waals surface area (Å²) in [6.07, 6.45) is 6.64. The number of pyridine rings is 1. The third kappa shape index (κ3) is 4.03. The van der Waals surface area contributed by atoms with Crippen LogP contribution in [-0.2, 0) is 6.54 Å². The van der Waals surface area contributed by atoms with Gasteiger partial charge >= 0.3 is 5.97 Å². The summed E-state index contributed by atoms with van der Waals surface area (Å²) in [5.41, 5.74) is 0.909. The Morgan fingerprint density at radius 3 is 2.84 bits per heavy atom. The first kappa shape index (κ1) is 14.0. The Morgan fingerprint density at radius 2 is 2.16 bits per heavy atom. The average Bonchev–Trinajstić information content (AvgIpc) is 2.46. The number of aromatic carboxylic acids is 1. The van der Waals surface area contributed by atoms with Crippen molar-refractivity contribution in [2.24, 2.45) is 5.92 Å². The first-order valence-electron chi connectivity index (χ1n) is 7.09. The zero-order valence-corrected chi connectivity index (χ0v) is 11.4. The Hall–Kier alpha value is -1.42. The molecule has 4 nitrogen and oxygen atoms in total. The maximum atomic E-state index is 10.9. The molecule has 1 aliphatic rings. The van der Waals surface area contributed by atoms with E-state index in [2.05, 4.69) is 17.2 Å². The van der Waals surface area contributed by atoms with Crippen LogP contribution in [0, 0.1) is 5.92 Å². The van der Waals surface area contributed by atoms with Gasteiger partial charge in [-0.2, -0.15) is 0 Å². The van der Waals surface area contributed by atoms with Gasteiger partial charge in [0, 0.05) is 12.6 Å². The van der Waals surface area contributed by atoms with Crippen molar-refractivity contribution in [1.29, 1.82) is 0 Å². The van der Waals surface area contributed by atoms with Crippen LogP contribution < -0.4 is 5.32 Å². The van der Waals surface area contributed by atoms with Gasteiger partial charge in [0.25, 0.3) is 0 Å². The van der Waals surface area contributed by atoms with Crippen LogP contribution in [0.2, 0.25) is 0 Å². The normalized spacial score (nSPS) is 18.2. The lowest BCUT2D eigenvalue weighted by Crippen LogP contribution is -2.34. The Morgan fingerprint density at radius 1 is 1.42 bits per heavy atom. The van der Waals surface area contributed by atoms with E-state index in [0.29, 0.717) is 12.6 Å². The highest BCUT2D eigenvalue weighted by Crippen LogP contribution is 2.26. The fourth-order valence-electron chi connectivity index (χ4n) is 2.76. The summed E-state index contributed by atoms with van der Waals surface area (Å²) in [5.74, 6) is -0.224. The van der Waals surface area contributed by atoms with Gasteiger partial charge in [-0.25, -0.2) is 9.78 Å². The monoisotopic (exact) mass is 262 g/mol. The van der Waals surface area contributed by atoms with Crippen LogP contribution in [0.1, 0.15) is 55.2 Å². The number of carbonyl (C=O) groups is 1. The molecule has 0 radical (unpaired) electrons. The molecule has 0 aromatic carbocycles. The highest BCUT2D eigenvalue weighted by atomic mass is 16.4. The van der Waals surface area contributed by atoms with Crippen LogP contribution in [0.25, 0.3) is 0 Å². The van der Waals surface area contributed by atoms with E-state index >= 15 is 0 Å². The summed E-state index contributed by atoms with van der Waals surface area (Å²) >= 11 is 0. The molecular weight excluding hydrogens is 240 g/mol. The number of carboxylic acids is 1. The molecule has 0 bridgehead atoms. The SMILES string of the molecule is C[C@H](NCc1cccc(C(=O)O)n1)C1CCCCC1. The zero-order chi connectivity index (χ0) is 13.7. The lowest BCUT2D eigenvalue weighted by molar-refractivity contribution is 0.0690. The lowest BCUT2D eigenvalue weighted by Gasteiger charge is -2.28. The van der Waals surface area contributed by atoms with Crippen LogP contribution in [0.15, 0.2) is 18.2 Å². The highest BCUT2D eigenvalue weighted by Gasteiger charge is 2.19. The summed E-state index contributed by atoms with van der Waals surface area (Å²) in [6, 6.07) is 5.61. The van der Waals surface area contributed by atoms with Crippen molar-refractivity contribution in [2.45, 2.75) is 51.6 Å². The van der Waals surface area contributed by atoms with Crippen LogP contribution >= 0.6 is 0 Å². The summed E-state index contributed by atoms with van der Waals surface area (Å²) in [6.45, 7) is 2.86. The summed E-state index contributed by atoms with van der Waals surface area (Å²) in [7, 11) is 0. The Balaban J connectivity index is 1.87. The van der Waals surface area contributed by atoms with Crippen molar-refractivity contribution >= 4 is 5.97 Å². The van der Waals surface area contributed by atoms with E-state index in [1.807, 2.05) is 6.07 Å². The first-order valence-corrected chi connectivity index (χ1v) is 7.09. The van der Waals surface area contributed by atoms with Crippen molar-refractivity contribution in [1.82, 2.24) is 10.3 Å². The van der Waals surface area contributed by atoms with E-state index in [-0.39, 0.29) is 5.69 Å². The molecule has 4 heteroatoms. The van der Waals surface area contributed by atoms with Crippen LogP contribution in [-0.4, -0.2) is 22.1 Å². The average molecular weight is 262 g/mol. The molecule has 1 heterocycles. The summed E-state index contributed by atoms with van der Waals surface area (Å²) in [4.78, 5) is 15.0. The van der Waals surface area contributed by atoms with Gasteiger partial charge in [0.15, 0.2) is 0 Å². The van der Waals surface area contributed by atoms with E-state index in [0.717, 1.165) is 11.6 Å². The number of hydrogen-bond donors (Lipinski definition) is 2. The van der Waals surface area contributed by atoms with E-state index in [1.54, 1.807) is 6.07 Å². The fourth-order valence-corrected chi connectivity index (χ4v) is 2.76. The molecule has 0 aliphatic heterocycles. The molecule has 1 saturated carbocycles. The van der Waals surface area contributed by atoms with Crippen LogP contribution in [0.4, 0.5) is 0 Å². The number of rotatable bonds is 5. The predicted octanol–water partition coefficient (Wildman–Crippen LogP) is 2.84. The minimum atomic E-state index is -0.970. The second-order valence-corrected chi connectivity index (χ2v) is 5.39. The topological polar surface area (TPSA) is 62.2 Å². The number of carboxylic acid groups (broad SMARTS) is 1. The third-order valence-electron chi connectivity index (χ3n) is 3.99. The quantitative estimate of drug-likeness (QED) is 0.856. The minimum absolute atomic E-state index is 0.115. The molecule has 1 aliphatic carbocycles. The molecule has 0 spiro atoms. The Kier molecular flexibility index (Phi) is 4.91. The van der Waals surface area contributed by atoms with Gasteiger partial charge in [0.05, 0.1) is 5.69 Å². The molecule has 0 amide bonds. The van der Waals surface area contributed by atoms with Crippen molar-refractivity contribution in [3.8, 4) is 0 Å². The fraction of sp³-hybridized carbons (Fsp3) is 0.600. The van der Waals surface area contributed by atoms with E-state index in [4.69, 9.17) is 5.11 Å². The number of nitrogens with zero attached hydrogens (tertiary/aromatic N) is 1. The molecule has 19 heavy (non-hydrogen) atoms. The number of aromatic nitrogens is 1. The van der Waals surface area contributed by atoms with Gasteiger partial charge in [0.2, 0.25) is 0 Å². The molecule has 2 N–H and O–H groups in total. The van der Waals surface area contributed by atoms with Gasteiger partial charge in [0.1, 0.15) is 5.69 Å². The smallest absolute Gasteiger partial charge is 0.354 e.